The summed E-state index contributed by atoms with van der Waals surface area (Å²) in [5.74, 6) is -0.355. The molecular formula is C7H9N2O2S. The number of hydrogen-bond acceptors (Lipinski definition) is 5. The van der Waals surface area contributed by atoms with Crippen molar-refractivity contribution in [1.82, 2.24) is 9.59 Å². The first-order valence-electron chi connectivity index (χ1n) is 3.57. The summed E-state index contributed by atoms with van der Waals surface area (Å²) < 4.78 is 8.44. The van der Waals surface area contributed by atoms with Crippen molar-refractivity contribution in [3.63, 3.8) is 0 Å². The van der Waals surface area contributed by atoms with Crippen molar-refractivity contribution in [3.8, 4) is 0 Å². The van der Waals surface area contributed by atoms with Crippen molar-refractivity contribution < 1.29 is 9.53 Å². The lowest BCUT2D eigenvalue weighted by atomic mass is 10.3. The number of carbonyl (C=O) groups is 1. The Morgan fingerprint density at radius 2 is 2.50 bits per heavy atom. The first-order valence-corrected chi connectivity index (χ1v) is 4.34. The number of hydrogen-bond donors (Lipinski definition) is 0. The third-order valence-corrected chi connectivity index (χ3v) is 2.00. The molecule has 0 bridgehead atoms. The maximum atomic E-state index is 11.2. The molecule has 1 aromatic rings. The topological polar surface area (TPSA) is 52.1 Å². The number of carbonyl (C=O) groups excluding carboxylic acids is 1. The monoisotopic (exact) mass is 185 g/mol. The molecule has 0 spiro atoms. The maximum Gasteiger partial charge on any atom is 0.351 e. The summed E-state index contributed by atoms with van der Waals surface area (Å²) in [4.78, 5) is 11.6. The van der Waals surface area contributed by atoms with Crippen LogP contribution in [0.2, 0.25) is 0 Å². The molecule has 0 saturated heterocycles. The Bertz CT molecular complexity index is 272. The normalized spacial score (nSPS) is 9.83. The molecule has 0 N–H and O–H groups in total. The summed E-state index contributed by atoms with van der Waals surface area (Å²) in [7, 11) is 0. The van der Waals surface area contributed by atoms with Crippen LogP contribution in [0, 0.1) is 6.92 Å². The molecule has 4 nitrogen and oxygen atoms in total. The minimum atomic E-state index is -0.355. The molecule has 0 fully saturated rings. The van der Waals surface area contributed by atoms with Gasteiger partial charge in [0, 0.05) is 0 Å². The number of rotatable bonds is 3. The van der Waals surface area contributed by atoms with Gasteiger partial charge < -0.3 is 4.74 Å². The standard InChI is InChI=1S/C7H9N2O2S/c1-3-5-6(12-9-8-5)7(10)11-4-2/h1,3-4H2,2H3. The number of aromatic nitrogens is 2. The Balaban J connectivity index is 2.79. The van der Waals surface area contributed by atoms with E-state index < -0.39 is 0 Å². The Morgan fingerprint density at radius 1 is 1.75 bits per heavy atom. The number of ether oxygens (including phenoxy) is 1. The molecule has 65 valence electrons. The predicted molar refractivity (Wildman–Crippen MR) is 44.9 cm³/mol. The van der Waals surface area contributed by atoms with E-state index in [1.165, 1.54) is 0 Å². The molecule has 0 aromatic carbocycles. The first-order chi connectivity index (χ1) is 5.79. The second-order valence-electron chi connectivity index (χ2n) is 2.02. The van der Waals surface area contributed by atoms with Crippen LogP contribution in [-0.2, 0) is 11.2 Å². The van der Waals surface area contributed by atoms with Gasteiger partial charge in [-0.15, -0.1) is 5.10 Å². The summed E-state index contributed by atoms with van der Waals surface area (Å²) in [5, 5.41) is 3.74. The Morgan fingerprint density at radius 3 is 3.08 bits per heavy atom. The minimum Gasteiger partial charge on any atom is -0.462 e. The molecular weight excluding hydrogens is 176 g/mol. The molecule has 12 heavy (non-hydrogen) atoms. The van der Waals surface area contributed by atoms with Crippen LogP contribution in [0.3, 0.4) is 0 Å². The van der Waals surface area contributed by atoms with E-state index in [9.17, 15) is 4.79 Å². The minimum absolute atomic E-state index is 0.355. The van der Waals surface area contributed by atoms with Crippen molar-refractivity contribution >= 4 is 17.5 Å². The van der Waals surface area contributed by atoms with Crippen molar-refractivity contribution in [3.05, 3.63) is 17.5 Å². The van der Waals surface area contributed by atoms with Crippen molar-refractivity contribution in [2.24, 2.45) is 0 Å². The predicted octanol–water partition coefficient (Wildman–Crippen LogP) is 1.09. The molecule has 0 aliphatic rings. The molecule has 5 heteroatoms. The van der Waals surface area contributed by atoms with Gasteiger partial charge in [0.2, 0.25) is 0 Å². The summed E-state index contributed by atoms with van der Waals surface area (Å²) in [6.07, 6.45) is 0.463. The highest BCUT2D eigenvalue weighted by Gasteiger charge is 2.15. The van der Waals surface area contributed by atoms with Gasteiger partial charge in [0.25, 0.3) is 0 Å². The van der Waals surface area contributed by atoms with Crippen LogP contribution < -0.4 is 0 Å². The molecule has 0 aliphatic carbocycles. The van der Waals surface area contributed by atoms with Gasteiger partial charge >= 0.3 is 5.97 Å². The molecule has 0 atom stereocenters. The first kappa shape index (κ1) is 9.12. The Hall–Kier alpha value is -0.970. The van der Waals surface area contributed by atoms with Crippen molar-refractivity contribution in [2.75, 3.05) is 6.61 Å². The fraction of sp³-hybridized carbons (Fsp3) is 0.429. The quantitative estimate of drug-likeness (QED) is 0.661. The van der Waals surface area contributed by atoms with Crippen LogP contribution in [0.4, 0.5) is 0 Å². The van der Waals surface area contributed by atoms with Gasteiger partial charge in [0.05, 0.1) is 12.3 Å². The van der Waals surface area contributed by atoms with Gasteiger partial charge in [-0.2, -0.15) is 0 Å². The molecule has 1 rings (SSSR count). The summed E-state index contributed by atoms with van der Waals surface area (Å²) in [5.41, 5.74) is 0.610. The maximum absolute atomic E-state index is 11.2. The third kappa shape index (κ3) is 1.79. The van der Waals surface area contributed by atoms with E-state index >= 15 is 0 Å². The van der Waals surface area contributed by atoms with E-state index in [-0.39, 0.29) is 5.97 Å². The second kappa shape index (κ2) is 4.15. The van der Waals surface area contributed by atoms with E-state index in [0.717, 1.165) is 11.5 Å². The summed E-state index contributed by atoms with van der Waals surface area (Å²) in [6.45, 7) is 5.76. The summed E-state index contributed by atoms with van der Waals surface area (Å²) >= 11 is 1.05. The zero-order valence-electron chi connectivity index (χ0n) is 6.74. The van der Waals surface area contributed by atoms with Crippen molar-refractivity contribution in [2.45, 2.75) is 13.3 Å². The highest BCUT2D eigenvalue weighted by atomic mass is 32.1. The van der Waals surface area contributed by atoms with Crippen LogP contribution in [0.5, 0.6) is 0 Å². The van der Waals surface area contributed by atoms with E-state index in [0.29, 0.717) is 23.6 Å². The zero-order chi connectivity index (χ0) is 8.97. The summed E-state index contributed by atoms with van der Waals surface area (Å²) in [6, 6.07) is 0. The van der Waals surface area contributed by atoms with E-state index in [1.54, 1.807) is 6.92 Å². The molecule has 1 heterocycles. The average Bonchev–Trinajstić information content (AvgIpc) is 2.51. The van der Waals surface area contributed by atoms with Crippen molar-refractivity contribution in [1.29, 1.82) is 0 Å². The van der Waals surface area contributed by atoms with Gasteiger partial charge in [0.15, 0.2) is 4.88 Å². The molecule has 0 amide bonds. The van der Waals surface area contributed by atoms with Crippen LogP contribution in [-0.4, -0.2) is 22.2 Å². The van der Waals surface area contributed by atoms with E-state index in [4.69, 9.17) is 4.74 Å². The molecule has 1 aromatic heterocycles. The highest BCUT2D eigenvalue weighted by molar-refractivity contribution is 7.07. The lowest BCUT2D eigenvalue weighted by Crippen LogP contribution is -2.05. The second-order valence-corrected chi connectivity index (χ2v) is 2.77. The lowest BCUT2D eigenvalue weighted by Gasteiger charge is -1.97. The fourth-order valence-electron chi connectivity index (χ4n) is 0.724. The smallest absolute Gasteiger partial charge is 0.351 e. The van der Waals surface area contributed by atoms with E-state index in [2.05, 4.69) is 16.5 Å². The van der Waals surface area contributed by atoms with Crippen LogP contribution in [0.25, 0.3) is 0 Å². The van der Waals surface area contributed by atoms with Crippen LogP contribution in [0.15, 0.2) is 0 Å². The molecule has 0 unspecified atom stereocenters. The molecule has 0 aliphatic heterocycles. The Kier molecular flexibility index (Phi) is 3.16. The fourth-order valence-corrected chi connectivity index (χ4v) is 1.33. The van der Waals surface area contributed by atoms with Gasteiger partial charge in [0.1, 0.15) is 0 Å². The van der Waals surface area contributed by atoms with Gasteiger partial charge in [-0.25, -0.2) is 4.79 Å². The van der Waals surface area contributed by atoms with Gasteiger partial charge in [-0.05, 0) is 31.8 Å². The van der Waals surface area contributed by atoms with Gasteiger partial charge in [-0.1, -0.05) is 4.49 Å². The highest BCUT2D eigenvalue weighted by Crippen LogP contribution is 2.11. The zero-order valence-corrected chi connectivity index (χ0v) is 7.56. The van der Waals surface area contributed by atoms with Crippen LogP contribution in [0.1, 0.15) is 22.3 Å². The van der Waals surface area contributed by atoms with Crippen LogP contribution >= 0.6 is 11.5 Å². The SMILES string of the molecule is [CH2]Cc1nnsc1C(=O)OCC. The average molecular weight is 185 g/mol. The number of esters is 1. The molecule has 1 radical (unpaired) electrons. The third-order valence-electron chi connectivity index (χ3n) is 1.25. The lowest BCUT2D eigenvalue weighted by molar-refractivity contribution is 0.0531. The van der Waals surface area contributed by atoms with E-state index in [1.807, 2.05) is 0 Å². The van der Waals surface area contributed by atoms with Gasteiger partial charge in [-0.3, -0.25) is 0 Å². The Labute approximate surface area is 74.7 Å². The largest absolute Gasteiger partial charge is 0.462 e. The number of nitrogens with zero attached hydrogens (tertiary/aromatic N) is 2. The molecule has 0 saturated carbocycles.